The van der Waals surface area contributed by atoms with Gasteiger partial charge in [-0.3, -0.25) is 4.21 Å². The Morgan fingerprint density at radius 2 is 1.75 bits per heavy atom. The summed E-state index contributed by atoms with van der Waals surface area (Å²) in [5.41, 5.74) is 3.75. The summed E-state index contributed by atoms with van der Waals surface area (Å²) >= 11 is 0. The van der Waals surface area contributed by atoms with Crippen molar-refractivity contribution < 1.29 is 4.21 Å². The third-order valence-electron chi connectivity index (χ3n) is 3.61. The first kappa shape index (κ1) is 14.9. The summed E-state index contributed by atoms with van der Waals surface area (Å²) in [6.07, 6.45) is 0. The van der Waals surface area contributed by atoms with Crippen molar-refractivity contribution in [1.29, 1.82) is 0 Å². The lowest BCUT2D eigenvalue weighted by atomic mass is 10.0. The molecule has 2 rings (SSSR count). The molecule has 2 nitrogen and oxygen atoms in total. The molecule has 0 heterocycles. The zero-order chi connectivity index (χ0) is 14.5. The molecule has 2 atom stereocenters. The summed E-state index contributed by atoms with van der Waals surface area (Å²) in [6, 6.07) is 16.2. The summed E-state index contributed by atoms with van der Waals surface area (Å²) in [4.78, 5) is 0.886. The van der Waals surface area contributed by atoms with Crippen LogP contribution in [0, 0.1) is 13.8 Å². The molecule has 0 saturated heterocycles. The Hall–Kier alpha value is -1.45. The molecule has 2 aromatic rings. The van der Waals surface area contributed by atoms with Gasteiger partial charge in [-0.1, -0.05) is 36.4 Å². The molecule has 0 bridgehead atoms. The average molecular weight is 287 g/mol. The largest absolute Gasteiger partial charge is 0.312 e. The first-order valence-corrected chi connectivity index (χ1v) is 8.11. The Balaban J connectivity index is 2.16. The van der Waals surface area contributed by atoms with Gasteiger partial charge in [0.1, 0.15) is 0 Å². The summed E-state index contributed by atoms with van der Waals surface area (Å²) < 4.78 is 12.4. The molecule has 0 saturated carbocycles. The van der Waals surface area contributed by atoms with Crippen molar-refractivity contribution in [3.8, 4) is 0 Å². The maximum Gasteiger partial charge on any atom is 0.0548 e. The van der Waals surface area contributed by atoms with E-state index in [0.717, 1.165) is 4.90 Å². The minimum Gasteiger partial charge on any atom is -0.312 e. The van der Waals surface area contributed by atoms with Gasteiger partial charge in [0.2, 0.25) is 0 Å². The minimum absolute atomic E-state index is 0.107. The Kier molecular flexibility index (Phi) is 5.10. The summed E-state index contributed by atoms with van der Waals surface area (Å²) in [5.74, 6) is 0.586. The Bertz CT molecular complexity index is 595. The van der Waals surface area contributed by atoms with Crippen LogP contribution < -0.4 is 5.32 Å². The van der Waals surface area contributed by atoms with Crippen molar-refractivity contribution in [2.75, 3.05) is 12.8 Å². The summed E-state index contributed by atoms with van der Waals surface area (Å²) in [6.45, 7) is 4.22. The molecule has 0 aliphatic carbocycles. The SMILES string of the molecule is CNC(CS(=O)c1ccccc1)c1ccc(C)c(C)c1. The number of benzene rings is 2. The molecule has 0 fully saturated rings. The van der Waals surface area contributed by atoms with E-state index in [-0.39, 0.29) is 6.04 Å². The van der Waals surface area contributed by atoms with Crippen LogP contribution >= 0.6 is 0 Å². The highest BCUT2D eigenvalue weighted by Crippen LogP contribution is 2.20. The van der Waals surface area contributed by atoms with Crippen molar-refractivity contribution in [3.05, 3.63) is 65.2 Å². The highest BCUT2D eigenvalue weighted by atomic mass is 32.2. The lowest BCUT2D eigenvalue weighted by Gasteiger charge is -2.17. The molecule has 0 spiro atoms. The van der Waals surface area contributed by atoms with E-state index < -0.39 is 10.8 Å². The highest BCUT2D eigenvalue weighted by molar-refractivity contribution is 7.85. The van der Waals surface area contributed by atoms with Crippen molar-refractivity contribution in [1.82, 2.24) is 5.32 Å². The van der Waals surface area contributed by atoms with Gasteiger partial charge in [0.25, 0.3) is 0 Å². The second-order valence-corrected chi connectivity index (χ2v) is 6.51. The van der Waals surface area contributed by atoms with E-state index in [2.05, 4.69) is 37.4 Å². The zero-order valence-electron chi connectivity index (χ0n) is 12.2. The molecule has 2 unspecified atom stereocenters. The van der Waals surface area contributed by atoms with Gasteiger partial charge in [0.15, 0.2) is 0 Å². The summed E-state index contributed by atoms with van der Waals surface area (Å²) in [5, 5.41) is 3.27. The molecule has 0 aliphatic rings. The van der Waals surface area contributed by atoms with Crippen LogP contribution in [-0.2, 0) is 10.8 Å². The van der Waals surface area contributed by atoms with E-state index in [0.29, 0.717) is 5.75 Å². The van der Waals surface area contributed by atoms with Crippen LogP contribution in [-0.4, -0.2) is 17.0 Å². The van der Waals surface area contributed by atoms with Gasteiger partial charge in [-0.2, -0.15) is 0 Å². The van der Waals surface area contributed by atoms with Gasteiger partial charge in [0.05, 0.1) is 10.8 Å². The number of hydrogen-bond acceptors (Lipinski definition) is 2. The standard InChI is InChI=1S/C17H21NOS/c1-13-9-10-15(11-14(13)2)17(18-3)12-20(19)16-7-5-4-6-8-16/h4-11,17-18H,12H2,1-3H3. The molecule has 3 heteroatoms. The van der Waals surface area contributed by atoms with Gasteiger partial charge >= 0.3 is 0 Å². The lowest BCUT2D eigenvalue weighted by Crippen LogP contribution is -2.22. The molecule has 0 aromatic heterocycles. The van der Waals surface area contributed by atoms with E-state index in [1.165, 1.54) is 16.7 Å². The first-order chi connectivity index (χ1) is 9.61. The number of rotatable bonds is 5. The zero-order valence-corrected chi connectivity index (χ0v) is 13.0. The smallest absolute Gasteiger partial charge is 0.0548 e. The van der Waals surface area contributed by atoms with E-state index in [1.54, 1.807) is 0 Å². The quantitative estimate of drug-likeness (QED) is 0.913. The van der Waals surface area contributed by atoms with E-state index in [9.17, 15) is 4.21 Å². The highest BCUT2D eigenvalue weighted by Gasteiger charge is 2.14. The minimum atomic E-state index is -0.988. The Labute approximate surface area is 123 Å². The van der Waals surface area contributed by atoms with Gasteiger partial charge in [-0.15, -0.1) is 0 Å². The van der Waals surface area contributed by atoms with E-state index in [4.69, 9.17) is 0 Å². The second-order valence-electron chi connectivity index (χ2n) is 5.01. The van der Waals surface area contributed by atoms with Gasteiger partial charge in [-0.25, -0.2) is 0 Å². The van der Waals surface area contributed by atoms with Gasteiger partial charge in [-0.05, 0) is 49.7 Å². The fraction of sp³-hybridized carbons (Fsp3) is 0.294. The van der Waals surface area contributed by atoms with Crippen LogP contribution in [0.1, 0.15) is 22.7 Å². The molecular formula is C17H21NOS. The summed E-state index contributed by atoms with van der Waals surface area (Å²) in [7, 11) is 0.930. The molecule has 0 aliphatic heterocycles. The fourth-order valence-electron chi connectivity index (χ4n) is 2.15. The van der Waals surface area contributed by atoms with Crippen molar-refractivity contribution in [2.24, 2.45) is 0 Å². The van der Waals surface area contributed by atoms with Crippen LogP contribution in [0.3, 0.4) is 0 Å². The molecule has 2 aromatic carbocycles. The van der Waals surface area contributed by atoms with E-state index >= 15 is 0 Å². The molecular weight excluding hydrogens is 266 g/mol. The normalized spacial score (nSPS) is 13.9. The van der Waals surface area contributed by atoms with Crippen LogP contribution in [0.15, 0.2) is 53.4 Å². The maximum atomic E-state index is 12.4. The molecule has 1 N–H and O–H groups in total. The predicted molar refractivity (Wildman–Crippen MR) is 85.4 cm³/mol. The second kappa shape index (κ2) is 6.82. The van der Waals surface area contributed by atoms with Crippen LogP contribution in [0.2, 0.25) is 0 Å². The number of hydrogen-bond donors (Lipinski definition) is 1. The van der Waals surface area contributed by atoms with Crippen LogP contribution in [0.4, 0.5) is 0 Å². The van der Waals surface area contributed by atoms with Crippen LogP contribution in [0.25, 0.3) is 0 Å². The van der Waals surface area contributed by atoms with Gasteiger partial charge in [0, 0.05) is 16.7 Å². The molecule has 0 radical (unpaired) electrons. The fourth-order valence-corrected chi connectivity index (χ4v) is 3.46. The third-order valence-corrected chi connectivity index (χ3v) is 5.04. The van der Waals surface area contributed by atoms with Gasteiger partial charge < -0.3 is 5.32 Å². The average Bonchev–Trinajstić information content (AvgIpc) is 2.48. The molecule has 0 amide bonds. The Morgan fingerprint density at radius 1 is 1.05 bits per heavy atom. The number of nitrogens with one attached hydrogen (secondary N) is 1. The van der Waals surface area contributed by atoms with Crippen LogP contribution in [0.5, 0.6) is 0 Å². The molecule has 20 heavy (non-hydrogen) atoms. The first-order valence-electron chi connectivity index (χ1n) is 6.79. The van der Waals surface area contributed by atoms with E-state index in [1.807, 2.05) is 37.4 Å². The predicted octanol–water partition coefficient (Wildman–Crippen LogP) is 3.37. The van der Waals surface area contributed by atoms with Crippen molar-refractivity contribution in [2.45, 2.75) is 24.8 Å². The Morgan fingerprint density at radius 3 is 2.35 bits per heavy atom. The van der Waals surface area contributed by atoms with Crippen molar-refractivity contribution in [3.63, 3.8) is 0 Å². The topological polar surface area (TPSA) is 29.1 Å². The maximum absolute atomic E-state index is 12.4. The van der Waals surface area contributed by atoms with Crippen molar-refractivity contribution >= 4 is 10.8 Å². The lowest BCUT2D eigenvalue weighted by molar-refractivity contribution is 0.635. The monoisotopic (exact) mass is 287 g/mol. The molecule has 106 valence electrons. The third kappa shape index (κ3) is 3.56. The number of aryl methyl sites for hydroxylation is 2.